The smallest absolute Gasteiger partial charge is 0.416 e. The number of halogens is 3. The van der Waals surface area contributed by atoms with Gasteiger partial charge in [-0.15, -0.1) is 0 Å². The maximum atomic E-state index is 12.7. The van der Waals surface area contributed by atoms with E-state index in [1.165, 1.54) is 18.2 Å². The molecule has 0 unspecified atom stereocenters. The van der Waals surface area contributed by atoms with Crippen molar-refractivity contribution in [2.24, 2.45) is 0 Å². The first-order chi connectivity index (χ1) is 13.3. The van der Waals surface area contributed by atoms with Gasteiger partial charge in [0, 0.05) is 6.08 Å². The molecule has 0 bridgehead atoms. The van der Waals surface area contributed by atoms with Gasteiger partial charge < -0.3 is 4.74 Å². The molecule has 0 saturated heterocycles. The summed E-state index contributed by atoms with van der Waals surface area (Å²) in [6.45, 7) is -0.341. The van der Waals surface area contributed by atoms with Crippen LogP contribution >= 0.6 is 0 Å². The van der Waals surface area contributed by atoms with Gasteiger partial charge in [-0.2, -0.15) is 13.2 Å². The molecule has 1 heterocycles. The Morgan fingerprint density at radius 3 is 2.25 bits per heavy atom. The quantitative estimate of drug-likeness (QED) is 0.446. The Morgan fingerprint density at radius 1 is 1.00 bits per heavy atom. The van der Waals surface area contributed by atoms with E-state index in [9.17, 15) is 27.6 Å². The molecule has 0 radical (unpaired) electrons. The van der Waals surface area contributed by atoms with Crippen molar-refractivity contribution < 1.29 is 32.3 Å². The predicted molar refractivity (Wildman–Crippen MR) is 93.2 cm³/mol. The van der Waals surface area contributed by atoms with Crippen LogP contribution in [0.25, 0.3) is 6.08 Å². The maximum Gasteiger partial charge on any atom is 0.416 e. The van der Waals surface area contributed by atoms with Crippen molar-refractivity contribution in [3.8, 4) is 0 Å². The number of carbonyl (C=O) groups is 3. The first-order valence-electron chi connectivity index (χ1n) is 8.24. The molecule has 2 aromatic carbocycles. The van der Waals surface area contributed by atoms with Crippen molar-refractivity contribution in [2.45, 2.75) is 6.18 Å². The standard InChI is InChI=1S/C20H14F3NO4/c21-20(22,23)14-5-3-4-13(12-14)8-9-17(25)28-11-10-24-18(26)15-6-1-2-7-16(15)19(24)27/h1-9,12H,10-11H2. The lowest BCUT2D eigenvalue weighted by Crippen LogP contribution is -2.33. The van der Waals surface area contributed by atoms with E-state index in [0.717, 1.165) is 23.1 Å². The average molecular weight is 389 g/mol. The van der Waals surface area contributed by atoms with E-state index in [2.05, 4.69) is 0 Å². The van der Waals surface area contributed by atoms with Gasteiger partial charge in [-0.3, -0.25) is 14.5 Å². The van der Waals surface area contributed by atoms with Crippen molar-refractivity contribution >= 4 is 23.9 Å². The Morgan fingerprint density at radius 2 is 1.64 bits per heavy atom. The van der Waals surface area contributed by atoms with Crippen molar-refractivity contribution in [1.82, 2.24) is 4.90 Å². The Balaban J connectivity index is 1.54. The lowest BCUT2D eigenvalue weighted by atomic mass is 10.1. The van der Waals surface area contributed by atoms with Gasteiger partial charge in [0.15, 0.2) is 0 Å². The van der Waals surface area contributed by atoms with Crippen LogP contribution in [-0.2, 0) is 15.7 Å². The van der Waals surface area contributed by atoms with E-state index in [1.807, 2.05) is 0 Å². The van der Waals surface area contributed by atoms with Crippen LogP contribution in [0.5, 0.6) is 0 Å². The van der Waals surface area contributed by atoms with Crippen LogP contribution in [0.3, 0.4) is 0 Å². The highest BCUT2D eigenvalue weighted by Crippen LogP contribution is 2.29. The van der Waals surface area contributed by atoms with Crippen LogP contribution in [0.15, 0.2) is 54.6 Å². The monoisotopic (exact) mass is 389 g/mol. The number of carbonyl (C=O) groups excluding carboxylic acids is 3. The molecule has 0 fully saturated rings. The number of amides is 2. The summed E-state index contributed by atoms with van der Waals surface area (Å²) in [5.74, 6) is -1.72. The molecule has 0 aromatic heterocycles. The van der Waals surface area contributed by atoms with Gasteiger partial charge in [-0.25, -0.2) is 4.79 Å². The number of nitrogens with zero attached hydrogens (tertiary/aromatic N) is 1. The summed E-state index contributed by atoms with van der Waals surface area (Å²) in [7, 11) is 0. The van der Waals surface area contributed by atoms with Crippen LogP contribution in [0.2, 0.25) is 0 Å². The molecule has 0 spiro atoms. The highest BCUT2D eigenvalue weighted by molar-refractivity contribution is 6.21. The molecule has 28 heavy (non-hydrogen) atoms. The predicted octanol–water partition coefficient (Wildman–Crippen LogP) is 3.56. The lowest BCUT2D eigenvalue weighted by Gasteiger charge is -2.13. The van der Waals surface area contributed by atoms with Gasteiger partial charge in [-0.05, 0) is 35.9 Å². The zero-order valence-corrected chi connectivity index (χ0v) is 14.4. The van der Waals surface area contributed by atoms with Crippen molar-refractivity contribution in [1.29, 1.82) is 0 Å². The molecule has 1 aliphatic heterocycles. The number of alkyl halides is 3. The van der Waals surface area contributed by atoms with Gasteiger partial charge in [-0.1, -0.05) is 24.3 Å². The number of benzene rings is 2. The van der Waals surface area contributed by atoms with E-state index in [0.29, 0.717) is 11.1 Å². The molecule has 144 valence electrons. The Kier molecular flexibility index (Phi) is 5.30. The van der Waals surface area contributed by atoms with E-state index in [1.54, 1.807) is 24.3 Å². The van der Waals surface area contributed by atoms with Gasteiger partial charge in [0.05, 0.1) is 23.2 Å². The second-order valence-electron chi connectivity index (χ2n) is 5.93. The van der Waals surface area contributed by atoms with E-state index < -0.39 is 29.5 Å². The van der Waals surface area contributed by atoms with Crippen LogP contribution in [0.1, 0.15) is 31.8 Å². The van der Waals surface area contributed by atoms with Crippen LogP contribution < -0.4 is 0 Å². The third-order valence-electron chi connectivity index (χ3n) is 4.06. The number of esters is 1. The highest BCUT2D eigenvalue weighted by Gasteiger charge is 2.34. The summed E-state index contributed by atoms with van der Waals surface area (Å²) in [6.07, 6.45) is -2.30. The normalized spacial score (nSPS) is 13.9. The fraction of sp³-hybridized carbons (Fsp3) is 0.150. The molecular formula is C20H14F3NO4. The SMILES string of the molecule is O=C(C=Cc1cccc(C(F)(F)F)c1)OCCN1C(=O)c2ccccc2C1=O. The van der Waals surface area contributed by atoms with Crippen molar-refractivity contribution in [3.63, 3.8) is 0 Å². The number of ether oxygens (including phenoxy) is 1. The van der Waals surface area contributed by atoms with E-state index in [4.69, 9.17) is 4.74 Å². The Bertz CT molecular complexity index is 931. The van der Waals surface area contributed by atoms with E-state index >= 15 is 0 Å². The topological polar surface area (TPSA) is 63.7 Å². The molecule has 2 aromatic rings. The third-order valence-corrected chi connectivity index (χ3v) is 4.06. The van der Waals surface area contributed by atoms with Gasteiger partial charge in [0.25, 0.3) is 11.8 Å². The molecule has 0 saturated carbocycles. The summed E-state index contributed by atoms with van der Waals surface area (Å²) >= 11 is 0. The molecule has 2 amide bonds. The minimum absolute atomic E-state index is 0.116. The molecule has 0 N–H and O–H groups in total. The number of fused-ring (bicyclic) bond motifs is 1. The fourth-order valence-corrected chi connectivity index (χ4v) is 2.71. The molecule has 1 aliphatic rings. The zero-order chi connectivity index (χ0) is 20.3. The second kappa shape index (κ2) is 7.67. The van der Waals surface area contributed by atoms with Crippen molar-refractivity contribution in [2.75, 3.05) is 13.2 Å². The number of hydrogen-bond donors (Lipinski definition) is 0. The maximum absolute atomic E-state index is 12.7. The number of hydrogen-bond acceptors (Lipinski definition) is 4. The lowest BCUT2D eigenvalue weighted by molar-refractivity contribution is -0.138. The van der Waals surface area contributed by atoms with Crippen LogP contribution in [0, 0.1) is 0 Å². The molecule has 0 aliphatic carbocycles. The van der Waals surface area contributed by atoms with Crippen LogP contribution in [-0.4, -0.2) is 35.8 Å². The summed E-state index contributed by atoms with van der Waals surface area (Å²) in [6, 6.07) is 10.9. The number of imide groups is 1. The summed E-state index contributed by atoms with van der Waals surface area (Å²) in [5.41, 5.74) is -0.0488. The summed E-state index contributed by atoms with van der Waals surface area (Å²) in [5, 5.41) is 0. The largest absolute Gasteiger partial charge is 0.461 e. The minimum atomic E-state index is -4.48. The first-order valence-corrected chi connectivity index (χ1v) is 8.24. The minimum Gasteiger partial charge on any atom is -0.461 e. The molecule has 3 rings (SSSR count). The molecule has 5 nitrogen and oxygen atoms in total. The second-order valence-corrected chi connectivity index (χ2v) is 5.93. The Labute approximate surface area is 158 Å². The Hall–Kier alpha value is -3.42. The number of rotatable bonds is 5. The van der Waals surface area contributed by atoms with Gasteiger partial charge in [0.1, 0.15) is 6.61 Å². The highest BCUT2D eigenvalue weighted by atomic mass is 19.4. The van der Waals surface area contributed by atoms with E-state index in [-0.39, 0.29) is 18.7 Å². The fourth-order valence-electron chi connectivity index (χ4n) is 2.71. The third kappa shape index (κ3) is 4.11. The zero-order valence-electron chi connectivity index (χ0n) is 14.4. The molecule has 0 atom stereocenters. The van der Waals surface area contributed by atoms with Gasteiger partial charge in [0.2, 0.25) is 0 Å². The van der Waals surface area contributed by atoms with Crippen molar-refractivity contribution in [3.05, 3.63) is 76.9 Å². The first kappa shape index (κ1) is 19.3. The van der Waals surface area contributed by atoms with Crippen LogP contribution in [0.4, 0.5) is 13.2 Å². The summed E-state index contributed by atoms with van der Waals surface area (Å²) < 4.78 is 42.9. The molecular weight excluding hydrogens is 375 g/mol. The molecule has 8 heteroatoms. The average Bonchev–Trinajstić information content (AvgIpc) is 2.91. The van der Waals surface area contributed by atoms with Gasteiger partial charge >= 0.3 is 12.1 Å². The summed E-state index contributed by atoms with van der Waals surface area (Å²) in [4.78, 5) is 37.0.